The molecule has 33 heavy (non-hydrogen) atoms. The van der Waals surface area contributed by atoms with Gasteiger partial charge in [0, 0.05) is 50.3 Å². The highest BCUT2D eigenvalue weighted by atomic mass is 16.5. The Bertz CT molecular complexity index is 1280. The fourth-order valence-electron chi connectivity index (χ4n) is 4.53. The summed E-state index contributed by atoms with van der Waals surface area (Å²) in [6, 6.07) is 20.6. The van der Waals surface area contributed by atoms with Gasteiger partial charge in [0.2, 0.25) is 17.6 Å². The molecule has 0 saturated carbocycles. The third-order valence-electron chi connectivity index (χ3n) is 6.60. The third-order valence-corrected chi connectivity index (χ3v) is 6.60. The molecule has 3 aromatic carbocycles. The molecule has 0 N–H and O–H groups in total. The fraction of sp³-hybridized carbons (Fsp3) is 0.296. The van der Waals surface area contributed by atoms with Crippen molar-refractivity contribution in [2.24, 2.45) is 0 Å². The van der Waals surface area contributed by atoms with Gasteiger partial charge in [0.1, 0.15) is 0 Å². The molecule has 6 heteroatoms. The van der Waals surface area contributed by atoms with E-state index in [1.54, 1.807) is 0 Å². The number of fused-ring (bicyclic) bond motifs is 1. The van der Waals surface area contributed by atoms with Crippen LogP contribution in [0.3, 0.4) is 0 Å². The second-order valence-electron chi connectivity index (χ2n) is 8.63. The van der Waals surface area contributed by atoms with E-state index >= 15 is 0 Å². The lowest BCUT2D eigenvalue weighted by Crippen LogP contribution is -2.49. The van der Waals surface area contributed by atoms with E-state index in [-0.39, 0.29) is 5.91 Å². The minimum absolute atomic E-state index is 0.139. The Kier molecular flexibility index (Phi) is 5.82. The van der Waals surface area contributed by atoms with Crippen LogP contribution in [0.25, 0.3) is 22.2 Å². The largest absolute Gasteiger partial charge is 0.368 e. The van der Waals surface area contributed by atoms with Crippen LogP contribution >= 0.6 is 0 Å². The van der Waals surface area contributed by atoms with Crippen molar-refractivity contribution in [3.8, 4) is 11.4 Å². The summed E-state index contributed by atoms with van der Waals surface area (Å²) in [4.78, 5) is 21.7. The van der Waals surface area contributed by atoms with Crippen molar-refractivity contribution in [1.29, 1.82) is 0 Å². The Morgan fingerprint density at radius 3 is 2.55 bits per heavy atom. The average Bonchev–Trinajstić information content (AvgIpc) is 3.33. The zero-order valence-corrected chi connectivity index (χ0v) is 19.1. The molecule has 1 saturated heterocycles. The van der Waals surface area contributed by atoms with E-state index in [0.717, 1.165) is 42.5 Å². The first-order valence-electron chi connectivity index (χ1n) is 11.5. The molecule has 1 aliphatic heterocycles. The van der Waals surface area contributed by atoms with Gasteiger partial charge in [-0.05, 0) is 41.8 Å². The van der Waals surface area contributed by atoms with E-state index in [1.807, 2.05) is 29.2 Å². The summed E-state index contributed by atoms with van der Waals surface area (Å²) < 4.78 is 5.46. The number of carbonyl (C=O) groups is 1. The van der Waals surface area contributed by atoms with Gasteiger partial charge in [-0.3, -0.25) is 4.79 Å². The van der Waals surface area contributed by atoms with Gasteiger partial charge in [0.25, 0.3) is 0 Å². The minimum Gasteiger partial charge on any atom is -0.368 e. The zero-order valence-electron chi connectivity index (χ0n) is 19.1. The summed E-state index contributed by atoms with van der Waals surface area (Å²) in [6.45, 7) is 7.47. The van der Waals surface area contributed by atoms with Crippen molar-refractivity contribution in [1.82, 2.24) is 15.0 Å². The Labute approximate surface area is 193 Å². The van der Waals surface area contributed by atoms with Gasteiger partial charge in [-0.2, -0.15) is 4.98 Å². The third kappa shape index (κ3) is 4.33. The lowest BCUT2D eigenvalue weighted by molar-refractivity contribution is -0.131. The first kappa shape index (κ1) is 21.2. The number of hydrogen-bond donors (Lipinski definition) is 0. The zero-order chi connectivity index (χ0) is 22.8. The highest BCUT2D eigenvalue weighted by molar-refractivity contribution is 5.94. The number of piperazine rings is 1. The number of aryl methyl sites for hydroxylation is 2. The number of carbonyl (C=O) groups excluding carboxylic acids is 1. The van der Waals surface area contributed by atoms with Gasteiger partial charge in [-0.1, -0.05) is 59.8 Å². The molecule has 6 nitrogen and oxygen atoms in total. The SMILES string of the molecule is Cc1cccc(N2CCN(C(=O)CCc3nc(-c4cccc5ccccc45)no3)CC2)c1C. The van der Waals surface area contributed by atoms with Crippen molar-refractivity contribution in [3.05, 3.63) is 77.7 Å². The summed E-state index contributed by atoms with van der Waals surface area (Å²) in [5.41, 5.74) is 4.83. The Hall–Kier alpha value is -3.67. The Balaban J connectivity index is 1.19. The van der Waals surface area contributed by atoms with E-state index in [9.17, 15) is 4.79 Å². The number of anilines is 1. The normalized spacial score (nSPS) is 14.1. The summed E-state index contributed by atoms with van der Waals surface area (Å²) in [7, 11) is 0. The molecular formula is C27H28N4O2. The Morgan fingerprint density at radius 2 is 1.70 bits per heavy atom. The van der Waals surface area contributed by atoms with Crippen molar-refractivity contribution in [2.75, 3.05) is 31.1 Å². The predicted molar refractivity (Wildman–Crippen MR) is 130 cm³/mol. The van der Waals surface area contributed by atoms with E-state index in [1.165, 1.54) is 16.8 Å². The summed E-state index contributed by atoms with van der Waals surface area (Å²) in [5.74, 6) is 1.21. The molecule has 0 aliphatic carbocycles. The molecule has 1 aliphatic rings. The maximum atomic E-state index is 12.8. The molecular weight excluding hydrogens is 412 g/mol. The van der Waals surface area contributed by atoms with Crippen LogP contribution < -0.4 is 4.90 Å². The van der Waals surface area contributed by atoms with Crippen molar-refractivity contribution >= 4 is 22.4 Å². The summed E-state index contributed by atoms with van der Waals surface area (Å²) in [6.07, 6.45) is 0.828. The lowest BCUT2D eigenvalue weighted by Gasteiger charge is -2.37. The number of hydrogen-bond acceptors (Lipinski definition) is 5. The van der Waals surface area contributed by atoms with Gasteiger partial charge in [-0.15, -0.1) is 0 Å². The van der Waals surface area contributed by atoms with Crippen LogP contribution in [-0.2, 0) is 11.2 Å². The molecule has 0 unspecified atom stereocenters. The first-order chi connectivity index (χ1) is 16.1. The molecule has 1 amide bonds. The molecule has 0 spiro atoms. The monoisotopic (exact) mass is 440 g/mol. The number of amides is 1. The van der Waals surface area contributed by atoms with Crippen LogP contribution in [0, 0.1) is 13.8 Å². The Morgan fingerprint density at radius 1 is 0.939 bits per heavy atom. The number of aromatic nitrogens is 2. The molecule has 168 valence electrons. The second-order valence-corrected chi connectivity index (χ2v) is 8.63. The van der Waals surface area contributed by atoms with Crippen molar-refractivity contribution < 1.29 is 9.32 Å². The average molecular weight is 441 g/mol. The van der Waals surface area contributed by atoms with Gasteiger partial charge in [0.05, 0.1) is 0 Å². The number of rotatable bonds is 5. The highest BCUT2D eigenvalue weighted by Crippen LogP contribution is 2.27. The maximum absolute atomic E-state index is 12.8. The molecule has 2 heterocycles. The van der Waals surface area contributed by atoms with Crippen LogP contribution in [0.4, 0.5) is 5.69 Å². The maximum Gasteiger partial charge on any atom is 0.227 e. The number of benzene rings is 3. The fourth-order valence-corrected chi connectivity index (χ4v) is 4.53. The van der Waals surface area contributed by atoms with Crippen molar-refractivity contribution in [2.45, 2.75) is 26.7 Å². The standard InChI is InChI=1S/C27H28N4O2/c1-19-7-5-12-24(20(19)2)30-15-17-31(18-16-30)26(32)14-13-25-28-27(29-33-25)23-11-6-9-21-8-3-4-10-22(21)23/h3-12H,13-18H2,1-2H3. The smallest absolute Gasteiger partial charge is 0.227 e. The molecule has 0 atom stereocenters. The second kappa shape index (κ2) is 9.06. The lowest BCUT2D eigenvalue weighted by atomic mass is 10.0. The minimum atomic E-state index is 0.139. The van der Waals surface area contributed by atoms with Crippen LogP contribution in [0.15, 0.2) is 65.2 Å². The first-order valence-corrected chi connectivity index (χ1v) is 11.5. The van der Waals surface area contributed by atoms with Gasteiger partial charge >= 0.3 is 0 Å². The van der Waals surface area contributed by atoms with Gasteiger partial charge < -0.3 is 14.3 Å². The predicted octanol–water partition coefficient (Wildman–Crippen LogP) is 4.79. The van der Waals surface area contributed by atoms with Crippen LogP contribution in [0.5, 0.6) is 0 Å². The van der Waals surface area contributed by atoms with Crippen LogP contribution in [0.1, 0.15) is 23.4 Å². The highest BCUT2D eigenvalue weighted by Gasteiger charge is 2.23. The number of nitrogens with zero attached hydrogens (tertiary/aromatic N) is 4. The molecule has 4 aromatic rings. The van der Waals surface area contributed by atoms with Crippen LogP contribution in [-0.4, -0.2) is 47.1 Å². The molecule has 0 bridgehead atoms. The van der Waals surface area contributed by atoms with E-state index in [0.29, 0.717) is 24.6 Å². The van der Waals surface area contributed by atoms with Crippen LogP contribution in [0.2, 0.25) is 0 Å². The quantitative estimate of drug-likeness (QED) is 0.447. The van der Waals surface area contributed by atoms with Gasteiger partial charge in [-0.25, -0.2) is 0 Å². The molecule has 0 radical (unpaired) electrons. The van der Waals surface area contributed by atoms with Crippen molar-refractivity contribution in [3.63, 3.8) is 0 Å². The topological polar surface area (TPSA) is 62.5 Å². The van der Waals surface area contributed by atoms with E-state index in [2.05, 4.69) is 65.3 Å². The van der Waals surface area contributed by atoms with Gasteiger partial charge in [0.15, 0.2) is 0 Å². The molecule has 1 aromatic heterocycles. The molecule has 5 rings (SSSR count). The van der Waals surface area contributed by atoms with E-state index < -0.39 is 0 Å². The van der Waals surface area contributed by atoms with E-state index in [4.69, 9.17) is 4.52 Å². The summed E-state index contributed by atoms with van der Waals surface area (Å²) >= 11 is 0. The molecule has 1 fully saturated rings. The summed E-state index contributed by atoms with van der Waals surface area (Å²) in [5, 5.41) is 6.39.